The largest absolute Gasteiger partial charge is 0.379 e. The number of morpholine rings is 1. The number of halogens is 1. The predicted octanol–water partition coefficient (Wildman–Crippen LogP) is 1.43. The van der Waals surface area contributed by atoms with Gasteiger partial charge in [0.1, 0.15) is 0 Å². The van der Waals surface area contributed by atoms with Gasteiger partial charge in [-0.2, -0.15) is 0 Å². The zero-order valence-electron chi connectivity index (χ0n) is 16.4. The van der Waals surface area contributed by atoms with Crippen molar-refractivity contribution < 1.29 is 9.53 Å². The van der Waals surface area contributed by atoms with Gasteiger partial charge in [0, 0.05) is 60.9 Å². The Morgan fingerprint density at radius 3 is 2.60 bits per heavy atom. The molecule has 0 aliphatic carbocycles. The van der Waals surface area contributed by atoms with Gasteiger partial charge >= 0.3 is 0 Å². The molecule has 0 saturated carbocycles. The van der Waals surface area contributed by atoms with E-state index in [9.17, 15) is 9.59 Å². The second kappa shape index (κ2) is 9.34. The van der Waals surface area contributed by atoms with Crippen molar-refractivity contribution in [3.8, 4) is 0 Å². The molecule has 156 valence electrons. The molecule has 1 saturated heterocycles. The summed E-state index contributed by atoms with van der Waals surface area (Å²) < 4.78 is 6.78. The first-order valence-electron chi connectivity index (χ1n) is 9.75. The maximum Gasteiger partial charge on any atom is 0.262 e. The van der Waals surface area contributed by atoms with Crippen molar-refractivity contribution in [1.29, 1.82) is 0 Å². The third-order valence-electron chi connectivity index (χ3n) is 4.95. The van der Waals surface area contributed by atoms with E-state index in [0.717, 1.165) is 24.2 Å². The summed E-state index contributed by atoms with van der Waals surface area (Å²) in [4.78, 5) is 36.0. The van der Waals surface area contributed by atoms with E-state index in [1.54, 1.807) is 24.5 Å². The molecule has 1 amide bonds. The highest BCUT2D eigenvalue weighted by Crippen LogP contribution is 2.09. The first-order chi connectivity index (χ1) is 14.6. The average Bonchev–Trinajstić information content (AvgIpc) is 2.76. The molecule has 0 bridgehead atoms. The number of carbonyl (C=O) groups is 1. The van der Waals surface area contributed by atoms with Crippen molar-refractivity contribution in [2.45, 2.75) is 19.5 Å². The van der Waals surface area contributed by atoms with E-state index in [0.29, 0.717) is 42.7 Å². The van der Waals surface area contributed by atoms with Gasteiger partial charge in [0.2, 0.25) is 11.7 Å². The standard InChI is InChI=1S/C21H22ClN5O3/c22-18-3-1-15(2-4-18)10-23-19(28)9-17-12-25-21-24-11-16(14-27(21)20(17)29)13-26-5-7-30-8-6-26/h1-4,11-12,14H,5-10,13H2,(H,23,28). The number of aromatic nitrogens is 3. The highest BCUT2D eigenvalue weighted by Gasteiger charge is 2.14. The van der Waals surface area contributed by atoms with Gasteiger partial charge in [-0.25, -0.2) is 9.97 Å². The summed E-state index contributed by atoms with van der Waals surface area (Å²) in [5.41, 5.74) is 1.89. The lowest BCUT2D eigenvalue weighted by Crippen LogP contribution is -2.36. The van der Waals surface area contributed by atoms with Crippen LogP contribution in [-0.2, 0) is 29.0 Å². The van der Waals surface area contributed by atoms with Crippen LogP contribution in [0.1, 0.15) is 16.7 Å². The number of hydrogen-bond donors (Lipinski definition) is 1. The normalized spacial score (nSPS) is 14.7. The van der Waals surface area contributed by atoms with Gasteiger partial charge in [0.05, 0.1) is 19.6 Å². The lowest BCUT2D eigenvalue weighted by Gasteiger charge is -2.26. The second-order valence-electron chi connectivity index (χ2n) is 7.19. The summed E-state index contributed by atoms with van der Waals surface area (Å²) in [6.07, 6.45) is 4.86. The Bertz CT molecular complexity index is 1090. The summed E-state index contributed by atoms with van der Waals surface area (Å²) in [6, 6.07) is 7.22. The summed E-state index contributed by atoms with van der Waals surface area (Å²) in [7, 11) is 0. The number of carbonyl (C=O) groups excluding carboxylic acids is 1. The minimum absolute atomic E-state index is 0.0456. The van der Waals surface area contributed by atoms with Crippen LogP contribution in [0.4, 0.5) is 0 Å². The number of rotatable bonds is 6. The Hall–Kier alpha value is -2.81. The monoisotopic (exact) mass is 427 g/mol. The Labute approximate surface area is 178 Å². The molecule has 4 rings (SSSR count). The molecule has 0 spiro atoms. The first-order valence-corrected chi connectivity index (χ1v) is 10.1. The minimum Gasteiger partial charge on any atom is -0.379 e. The van der Waals surface area contributed by atoms with Gasteiger partial charge in [-0.05, 0) is 17.7 Å². The number of hydrogen-bond acceptors (Lipinski definition) is 6. The Morgan fingerprint density at radius 1 is 1.10 bits per heavy atom. The van der Waals surface area contributed by atoms with Crippen LogP contribution in [-0.4, -0.2) is 51.5 Å². The fourth-order valence-electron chi connectivity index (χ4n) is 3.31. The number of nitrogens with zero attached hydrogens (tertiary/aromatic N) is 4. The van der Waals surface area contributed by atoms with Crippen LogP contribution in [0.3, 0.4) is 0 Å². The molecular weight excluding hydrogens is 406 g/mol. The Kier molecular flexibility index (Phi) is 6.37. The van der Waals surface area contributed by atoms with E-state index < -0.39 is 0 Å². The van der Waals surface area contributed by atoms with Gasteiger partial charge < -0.3 is 10.1 Å². The van der Waals surface area contributed by atoms with Gasteiger partial charge in [-0.3, -0.25) is 18.9 Å². The van der Waals surface area contributed by atoms with Crippen LogP contribution in [0.15, 0.2) is 47.7 Å². The minimum atomic E-state index is -0.280. The lowest BCUT2D eigenvalue weighted by molar-refractivity contribution is -0.120. The topological polar surface area (TPSA) is 88.8 Å². The third kappa shape index (κ3) is 5.02. The second-order valence-corrected chi connectivity index (χ2v) is 7.63. The average molecular weight is 428 g/mol. The van der Waals surface area contributed by atoms with E-state index >= 15 is 0 Å². The fourth-order valence-corrected chi connectivity index (χ4v) is 3.44. The number of fused-ring (bicyclic) bond motifs is 1. The number of nitrogens with one attached hydrogen (secondary N) is 1. The number of ether oxygens (including phenoxy) is 1. The molecule has 2 aromatic heterocycles. The van der Waals surface area contributed by atoms with Crippen LogP contribution < -0.4 is 10.9 Å². The van der Waals surface area contributed by atoms with Gasteiger partial charge in [0.25, 0.3) is 5.56 Å². The molecule has 30 heavy (non-hydrogen) atoms. The van der Waals surface area contributed by atoms with Gasteiger partial charge in [0.15, 0.2) is 0 Å². The van der Waals surface area contributed by atoms with Crippen molar-refractivity contribution in [2.75, 3.05) is 26.3 Å². The molecule has 3 heterocycles. The quantitative estimate of drug-likeness (QED) is 0.640. The van der Waals surface area contributed by atoms with E-state index in [1.807, 2.05) is 12.1 Å². The summed E-state index contributed by atoms with van der Waals surface area (Å²) in [6.45, 7) is 4.15. The highest BCUT2D eigenvalue weighted by atomic mass is 35.5. The van der Waals surface area contributed by atoms with Crippen LogP contribution in [0.25, 0.3) is 5.78 Å². The molecule has 1 aromatic carbocycles. The smallest absolute Gasteiger partial charge is 0.262 e. The maximum atomic E-state index is 12.9. The van der Waals surface area contributed by atoms with Gasteiger partial charge in [-0.1, -0.05) is 23.7 Å². The summed E-state index contributed by atoms with van der Waals surface area (Å²) in [5.74, 6) is 0.0669. The van der Waals surface area contributed by atoms with Crippen molar-refractivity contribution >= 4 is 23.3 Å². The molecule has 9 heteroatoms. The highest BCUT2D eigenvalue weighted by molar-refractivity contribution is 6.30. The van der Waals surface area contributed by atoms with Gasteiger partial charge in [-0.15, -0.1) is 0 Å². The predicted molar refractivity (Wildman–Crippen MR) is 112 cm³/mol. The van der Waals surface area contributed by atoms with Crippen LogP contribution in [0.2, 0.25) is 5.02 Å². The van der Waals surface area contributed by atoms with Crippen molar-refractivity contribution in [3.05, 3.63) is 74.9 Å². The molecule has 1 aliphatic heterocycles. The molecule has 0 unspecified atom stereocenters. The molecule has 8 nitrogen and oxygen atoms in total. The molecule has 1 fully saturated rings. The van der Waals surface area contributed by atoms with Crippen molar-refractivity contribution in [1.82, 2.24) is 24.6 Å². The van der Waals surface area contributed by atoms with Crippen LogP contribution in [0, 0.1) is 0 Å². The zero-order valence-corrected chi connectivity index (χ0v) is 17.1. The van der Waals surface area contributed by atoms with Crippen molar-refractivity contribution in [2.24, 2.45) is 0 Å². The van der Waals surface area contributed by atoms with Crippen LogP contribution >= 0.6 is 11.6 Å². The molecule has 0 radical (unpaired) electrons. The first kappa shape index (κ1) is 20.5. The number of amides is 1. The SMILES string of the molecule is O=C(Cc1cnc2ncc(CN3CCOCC3)cn2c1=O)NCc1ccc(Cl)cc1. The van der Waals surface area contributed by atoms with E-state index in [2.05, 4.69) is 20.2 Å². The zero-order chi connectivity index (χ0) is 20.9. The fraction of sp³-hybridized carbons (Fsp3) is 0.333. The summed E-state index contributed by atoms with van der Waals surface area (Å²) in [5, 5.41) is 3.46. The van der Waals surface area contributed by atoms with Crippen molar-refractivity contribution in [3.63, 3.8) is 0 Å². The third-order valence-corrected chi connectivity index (χ3v) is 5.20. The molecule has 3 aromatic rings. The molecule has 1 N–H and O–H groups in total. The van der Waals surface area contributed by atoms with E-state index in [-0.39, 0.29) is 17.9 Å². The summed E-state index contributed by atoms with van der Waals surface area (Å²) >= 11 is 5.87. The van der Waals surface area contributed by atoms with Crippen LogP contribution in [0.5, 0.6) is 0 Å². The maximum absolute atomic E-state index is 12.9. The van der Waals surface area contributed by atoms with E-state index in [4.69, 9.17) is 16.3 Å². The lowest BCUT2D eigenvalue weighted by atomic mass is 10.2. The number of benzene rings is 1. The molecule has 1 aliphatic rings. The van der Waals surface area contributed by atoms with E-state index in [1.165, 1.54) is 10.6 Å². The molecular formula is C21H22ClN5O3. The molecule has 0 atom stereocenters. The Morgan fingerprint density at radius 2 is 1.83 bits per heavy atom. The Balaban J connectivity index is 1.45.